The van der Waals surface area contributed by atoms with Gasteiger partial charge in [0.1, 0.15) is 0 Å². The number of rotatable bonds is 2. The van der Waals surface area contributed by atoms with Crippen molar-refractivity contribution in [3.63, 3.8) is 0 Å². The lowest BCUT2D eigenvalue weighted by molar-refractivity contribution is 0.0930. The van der Waals surface area contributed by atoms with E-state index in [1.807, 2.05) is 11.4 Å². The molecule has 1 heterocycles. The van der Waals surface area contributed by atoms with E-state index in [9.17, 15) is 4.79 Å². The van der Waals surface area contributed by atoms with Crippen molar-refractivity contribution in [2.24, 2.45) is 5.92 Å². The lowest BCUT2D eigenvalue weighted by atomic mass is 10.1. The summed E-state index contributed by atoms with van der Waals surface area (Å²) >= 11 is 4.91. The van der Waals surface area contributed by atoms with Crippen LogP contribution in [0.25, 0.3) is 0 Å². The second kappa shape index (κ2) is 4.66. The molecule has 2 atom stereocenters. The van der Waals surface area contributed by atoms with Gasteiger partial charge in [0.05, 0.1) is 9.35 Å². The second-order valence-corrected chi connectivity index (χ2v) is 6.42. The van der Waals surface area contributed by atoms with E-state index in [1.165, 1.54) is 12.8 Å². The summed E-state index contributed by atoms with van der Waals surface area (Å²) in [6.45, 7) is 2.21. The van der Waals surface area contributed by atoms with E-state index < -0.39 is 0 Å². The molecule has 0 aromatic carbocycles. The molecule has 1 aliphatic carbocycles. The van der Waals surface area contributed by atoms with Crippen molar-refractivity contribution in [2.75, 3.05) is 0 Å². The van der Waals surface area contributed by atoms with Gasteiger partial charge >= 0.3 is 0 Å². The standard InChI is InChI=1S/C11H14BrNOS/c1-7-3-2-4-9(7)13-11(14)8-5-10(12)15-6-8/h5-7,9H,2-4H2,1H3,(H,13,14). The Morgan fingerprint density at radius 1 is 1.60 bits per heavy atom. The number of thiophene rings is 1. The van der Waals surface area contributed by atoms with E-state index in [2.05, 4.69) is 28.2 Å². The van der Waals surface area contributed by atoms with Crippen LogP contribution in [-0.2, 0) is 0 Å². The van der Waals surface area contributed by atoms with Gasteiger partial charge in [0.2, 0.25) is 0 Å². The van der Waals surface area contributed by atoms with Crippen LogP contribution in [-0.4, -0.2) is 11.9 Å². The predicted octanol–water partition coefficient (Wildman–Crippen LogP) is 3.43. The van der Waals surface area contributed by atoms with E-state index in [0.717, 1.165) is 15.8 Å². The van der Waals surface area contributed by atoms with Gasteiger partial charge in [-0.3, -0.25) is 4.79 Å². The van der Waals surface area contributed by atoms with Crippen molar-refractivity contribution < 1.29 is 4.79 Å². The molecular weight excluding hydrogens is 274 g/mol. The lowest BCUT2D eigenvalue weighted by Crippen LogP contribution is -2.36. The van der Waals surface area contributed by atoms with Crippen LogP contribution in [0.3, 0.4) is 0 Å². The van der Waals surface area contributed by atoms with Crippen molar-refractivity contribution in [1.29, 1.82) is 0 Å². The summed E-state index contributed by atoms with van der Waals surface area (Å²) in [5.41, 5.74) is 0.769. The minimum absolute atomic E-state index is 0.0655. The van der Waals surface area contributed by atoms with E-state index in [-0.39, 0.29) is 5.91 Å². The SMILES string of the molecule is CC1CCCC1NC(=O)c1csc(Br)c1. The zero-order chi connectivity index (χ0) is 10.8. The van der Waals surface area contributed by atoms with Crippen molar-refractivity contribution in [2.45, 2.75) is 32.2 Å². The Hall–Kier alpha value is -0.350. The quantitative estimate of drug-likeness (QED) is 0.887. The first kappa shape index (κ1) is 11.1. The molecule has 0 radical (unpaired) electrons. The molecule has 1 aromatic rings. The van der Waals surface area contributed by atoms with Gasteiger partial charge in [0.25, 0.3) is 5.91 Å². The molecular formula is C11H14BrNOS. The highest BCUT2D eigenvalue weighted by Gasteiger charge is 2.25. The van der Waals surface area contributed by atoms with Crippen LogP contribution in [0, 0.1) is 5.92 Å². The molecule has 0 spiro atoms. The fourth-order valence-electron chi connectivity index (χ4n) is 2.04. The Bertz CT molecular complexity index is 363. The molecule has 1 aromatic heterocycles. The Morgan fingerprint density at radius 2 is 2.40 bits per heavy atom. The molecule has 82 valence electrons. The summed E-state index contributed by atoms with van der Waals surface area (Å²) in [5.74, 6) is 0.687. The van der Waals surface area contributed by atoms with E-state index in [4.69, 9.17) is 0 Å². The van der Waals surface area contributed by atoms with Crippen molar-refractivity contribution >= 4 is 33.2 Å². The number of nitrogens with one attached hydrogen (secondary N) is 1. The first-order chi connectivity index (χ1) is 7.16. The highest BCUT2D eigenvalue weighted by Crippen LogP contribution is 2.26. The molecule has 0 aliphatic heterocycles. The van der Waals surface area contributed by atoms with Gasteiger partial charge in [-0.25, -0.2) is 0 Å². The van der Waals surface area contributed by atoms with Gasteiger partial charge in [-0.1, -0.05) is 13.3 Å². The molecule has 4 heteroatoms. The summed E-state index contributed by atoms with van der Waals surface area (Å²) in [4.78, 5) is 11.8. The highest BCUT2D eigenvalue weighted by molar-refractivity contribution is 9.11. The van der Waals surface area contributed by atoms with Gasteiger partial charge in [0.15, 0.2) is 0 Å². The van der Waals surface area contributed by atoms with Crippen LogP contribution in [0.4, 0.5) is 0 Å². The van der Waals surface area contributed by atoms with Gasteiger partial charge < -0.3 is 5.32 Å². The number of hydrogen-bond donors (Lipinski definition) is 1. The fourth-order valence-corrected chi connectivity index (χ4v) is 3.18. The highest BCUT2D eigenvalue weighted by atomic mass is 79.9. The molecule has 2 unspecified atom stereocenters. The van der Waals surface area contributed by atoms with Crippen LogP contribution >= 0.6 is 27.3 Å². The Kier molecular flexibility index (Phi) is 3.46. The maximum absolute atomic E-state index is 11.8. The molecule has 2 nitrogen and oxygen atoms in total. The van der Waals surface area contributed by atoms with Crippen LogP contribution in [0.2, 0.25) is 0 Å². The Morgan fingerprint density at radius 3 is 2.93 bits per heavy atom. The van der Waals surface area contributed by atoms with Gasteiger partial charge in [-0.15, -0.1) is 11.3 Å². The first-order valence-electron chi connectivity index (χ1n) is 5.21. The third kappa shape index (κ3) is 2.61. The molecule has 1 fully saturated rings. The molecule has 1 saturated carbocycles. The third-order valence-electron chi connectivity index (χ3n) is 3.01. The normalized spacial score (nSPS) is 25.5. The minimum atomic E-state index is 0.0655. The maximum atomic E-state index is 11.8. The van der Waals surface area contributed by atoms with Gasteiger partial charge in [-0.05, 0) is 40.8 Å². The fraction of sp³-hybridized carbons (Fsp3) is 0.545. The van der Waals surface area contributed by atoms with Gasteiger partial charge in [0, 0.05) is 11.4 Å². The second-order valence-electron chi connectivity index (χ2n) is 4.13. The predicted molar refractivity (Wildman–Crippen MR) is 66.3 cm³/mol. The Balaban J connectivity index is 1.97. The van der Waals surface area contributed by atoms with E-state index in [1.54, 1.807) is 11.3 Å². The van der Waals surface area contributed by atoms with Crippen molar-refractivity contribution in [3.8, 4) is 0 Å². The maximum Gasteiger partial charge on any atom is 0.252 e. The number of amides is 1. The average Bonchev–Trinajstić information content (AvgIpc) is 2.77. The summed E-state index contributed by atoms with van der Waals surface area (Å²) in [6, 6.07) is 2.25. The first-order valence-corrected chi connectivity index (χ1v) is 6.89. The smallest absolute Gasteiger partial charge is 0.252 e. The summed E-state index contributed by atoms with van der Waals surface area (Å²) in [7, 11) is 0. The molecule has 0 saturated heterocycles. The number of carbonyl (C=O) groups excluding carboxylic acids is 1. The summed E-state index contributed by atoms with van der Waals surface area (Å²) in [5, 5.41) is 4.99. The molecule has 1 N–H and O–H groups in total. The van der Waals surface area contributed by atoms with Gasteiger partial charge in [-0.2, -0.15) is 0 Å². The Labute approximate surface area is 102 Å². The number of halogens is 1. The molecule has 1 amide bonds. The summed E-state index contributed by atoms with van der Waals surface area (Å²) in [6.07, 6.45) is 3.59. The zero-order valence-electron chi connectivity index (χ0n) is 8.63. The molecule has 0 bridgehead atoms. The lowest BCUT2D eigenvalue weighted by Gasteiger charge is -2.16. The number of hydrogen-bond acceptors (Lipinski definition) is 2. The van der Waals surface area contributed by atoms with E-state index >= 15 is 0 Å². The molecule has 15 heavy (non-hydrogen) atoms. The average molecular weight is 288 g/mol. The minimum Gasteiger partial charge on any atom is -0.349 e. The zero-order valence-corrected chi connectivity index (χ0v) is 11.0. The summed E-state index contributed by atoms with van der Waals surface area (Å²) < 4.78 is 1.01. The topological polar surface area (TPSA) is 29.1 Å². The van der Waals surface area contributed by atoms with Crippen molar-refractivity contribution in [1.82, 2.24) is 5.32 Å². The van der Waals surface area contributed by atoms with Crippen LogP contribution in [0.5, 0.6) is 0 Å². The third-order valence-corrected chi connectivity index (χ3v) is 4.51. The monoisotopic (exact) mass is 287 g/mol. The van der Waals surface area contributed by atoms with Crippen LogP contribution in [0.1, 0.15) is 36.5 Å². The van der Waals surface area contributed by atoms with Crippen molar-refractivity contribution in [3.05, 3.63) is 20.8 Å². The largest absolute Gasteiger partial charge is 0.349 e. The molecule has 1 aliphatic rings. The number of carbonyl (C=O) groups is 1. The molecule has 2 rings (SSSR count). The van der Waals surface area contributed by atoms with Crippen LogP contribution in [0.15, 0.2) is 15.2 Å². The van der Waals surface area contributed by atoms with E-state index in [0.29, 0.717) is 12.0 Å². The van der Waals surface area contributed by atoms with Crippen LogP contribution < -0.4 is 5.32 Å².